The second-order valence-corrected chi connectivity index (χ2v) is 7.96. The van der Waals surface area contributed by atoms with Crippen LogP contribution < -0.4 is 11.1 Å². The van der Waals surface area contributed by atoms with Gasteiger partial charge in [-0.3, -0.25) is 4.79 Å². The molecule has 2 aromatic rings. The Hall–Kier alpha value is -2.63. The van der Waals surface area contributed by atoms with E-state index in [2.05, 4.69) is 60.2 Å². The third-order valence-corrected chi connectivity index (χ3v) is 5.68. The van der Waals surface area contributed by atoms with Gasteiger partial charge in [0.15, 0.2) is 0 Å². The molecule has 154 valence electrons. The second-order valence-electron chi connectivity index (χ2n) is 7.96. The van der Waals surface area contributed by atoms with Gasteiger partial charge < -0.3 is 20.9 Å². The summed E-state index contributed by atoms with van der Waals surface area (Å²) in [5.41, 5.74) is 11.0. The van der Waals surface area contributed by atoms with Crippen molar-refractivity contribution in [2.24, 2.45) is 11.7 Å². The van der Waals surface area contributed by atoms with E-state index >= 15 is 0 Å². The Morgan fingerprint density at radius 1 is 1.17 bits per heavy atom. The zero-order valence-electron chi connectivity index (χ0n) is 17.5. The van der Waals surface area contributed by atoms with E-state index in [4.69, 9.17) is 5.73 Å². The normalized spacial score (nSPS) is 15.1. The van der Waals surface area contributed by atoms with Crippen molar-refractivity contribution in [3.05, 3.63) is 66.4 Å². The minimum atomic E-state index is -0.0596. The third-order valence-electron chi connectivity index (χ3n) is 5.68. The van der Waals surface area contributed by atoms with Gasteiger partial charge in [-0.1, -0.05) is 36.9 Å². The minimum Gasteiger partial charge on any atom is -0.359 e. The summed E-state index contributed by atoms with van der Waals surface area (Å²) in [6, 6.07) is 16.7. The van der Waals surface area contributed by atoms with Crippen LogP contribution in [0.1, 0.15) is 18.4 Å². The van der Waals surface area contributed by atoms with Gasteiger partial charge in [-0.2, -0.15) is 0 Å². The highest BCUT2D eigenvalue weighted by Crippen LogP contribution is 2.27. The summed E-state index contributed by atoms with van der Waals surface area (Å²) in [5.74, 6) is 0.478. The predicted octanol–water partition coefficient (Wildman–Crippen LogP) is 3.54. The molecule has 2 aromatic carbocycles. The van der Waals surface area contributed by atoms with Gasteiger partial charge in [0.2, 0.25) is 5.91 Å². The monoisotopic (exact) mass is 392 g/mol. The summed E-state index contributed by atoms with van der Waals surface area (Å²) in [6.07, 6.45) is 2.32. The number of carbonyl (C=O) groups is 1. The fraction of sp³-hybridized carbons (Fsp3) is 0.375. The number of piperidine rings is 1. The Morgan fingerprint density at radius 3 is 2.52 bits per heavy atom. The van der Waals surface area contributed by atoms with Crippen LogP contribution in [-0.4, -0.2) is 49.4 Å². The van der Waals surface area contributed by atoms with Crippen LogP contribution in [0.5, 0.6) is 0 Å². The van der Waals surface area contributed by atoms with E-state index in [1.54, 1.807) is 11.9 Å². The van der Waals surface area contributed by atoms with Crippen molar-refractivity contribution in [2.45, 2.75) is 19.4 Å². The first kappa shape index (κ1) is 21.1. The molecule has 3 rings (SSSR count). The minimum absolute atomic E-state index is 0.0352. The molecule has 1 fully saturated rings. The van der Waals surface area contributed by atoms with Crippen LogP contribution in [0.15, 0.2) is 60.8 Å². The van der Waals surface area contributed by atoms with Crippen LogP contribution in [0.25, 0.3) is 11.1 Å². The van der Waals surface area contributed by atoms with E-state index in [9.17, 15) is 4.79 Å². The van der Waals surface area contributed by atoms with Crippen LogP contribution in [0.4, 0.5) is 5.69 Å². The molecular weight excluding hydrogens is 360 g/mol. The molecule has 3 N–H and O–H groups in total. The fourth-order valence-electron chi connectivity index (χ4n) is 3.76. The zero-order valence-corrected chi connectivity index (χ0v) is 17.5. The number of nitrogens with two attached hydrogens (primary N) is 1. The van der Waals surface area contributed by atoms with Gasteiger partial charge in [0.25, 0.3) is 0 Å². The average molecular weight is 393 g/mol. The molecule has 0 atom stereocenters. The van der Waals surface area contributed by atoms with Crippen LogP contribution in [-0.2, 0) is 11.3 Å². The van der Waals surface area contributed by atoms with Gasteiger partial charge in [0.1, 0.15) is 0 Å². The SMILES string of the molecule is C=C(Nc1ccc(-c2cccc(CN(C)C(=O)CN)c2)cc1)C1CCN(C)CC1. The molecule has 0 saturated carbocycles. The number of carbonyl (C=O) groups excluding carboxylic acids is 1. The van der Waals surface area contributed by atoms with Crippen LogP contribution in [0.2, 0.25) is 0 Å². The summed E-state index contributed by atoms with van der Waals surface area (Å²) in [4.78, 5) is 15.7. The summed E-state index contributed by atoms with van der Waals surface area (Å²) < 4.78 is 0. The third kappa shape index (κ3) is 5.68. The Bertz CT molecular complexity index is 838. The first-order chi connectivity index (χ1) is 14.0. The second kappa shape index (κ2) is 9.72. The van der Waals surface area contributed by atoms with Gasteiger partial charge >= 0.3 is 0 Å². The zero-order chi connectivity index (χ0) is 20.8. The van der Waals surface area contributed by atoms with Crippen molar-refractivity contribution in [3.8, 4) is 11.1 Å². The predicted molar refractivity (Wildman–Crippen MR) is 120 cm³/mol. The van der Waals surface area contributed by atoms with Gasteiger partial charge in [0.05, 0.1) is 6.54 Å². The highest BCUT2D eigenvalue weighted by Gasteiger charge is 2.19. The van der Waals surface area contributed by atoms with E-state index in [0.717, 1.165) is 54.0 Å². The molecule has 1 amide bonds. The highest BCUT2D eigenvalue weighted by atomic mass is 16.2. The molecule has 29 heavy (non-hydrogen) atoms. The van der Waals surface area contributed by atoms with Crippen molar-refractivity contribution >= 4 is 11.6 Å². The topological polar surface area (TPSA) is 61.6 Å². The number of likely N-dealkylation sites (N-methyl/N-ethyl adjacent to an activating group) is 1. The number of hydrogen-bond acceptors (Lipinski definition) is 4. The number of rotatable bonds is 7. The number of likely N-dealkylation sites (tertiary alicyclic amines) is 1. The molecule has 1 aliphatic rings. The van der Waals surface area contributed by atoms with E-state index in [1.165, 1.54) is 0 Å². The van der Waals surface area contributed by atoms with Gasteiger partial charge in [-0.05, 0) is 67.9 Å². The van der Waals surface area contributed by atoms with E-state index < -0.39 is 0 Å². The molecular formula is C24H32N4O. The number of anilines is 1. The quantitative estimate of drug-likeness (QED) is 0.757. The highest BCUT2D eigenvalue weighted by molar-refractivity contribution is 5.77. The molecule has 0 radical (unpaired) electrons. The van der Waals surface area contributed by atoms with Crippen molar-refractivity contribution < 1.29 is 4.79 Å². The smallest absolute Gasteiger partial charge is 0.236 e. The van der Waals surface area contributed by atoms with Crippen molar-refractivity contribution in [2.75, 3.05) is 39.0 Å². The standard InChI is InChI=1S/C24H32N4O/c1-18(20-11-13-27(2)14-12-20)26-23-9-7-21(8-10-23)22-6-4-5-19(15-22)17-28(3)24(29)16-25/h4-10,15,20,26H,1,11-14,16-17,25H2,2-3H3. The molecule has 0 aromatic heterocycles. The first-order valence-corrected chi connectivity index (χ1v) is 10.2. The van der Waals surface area contributed by atoms with E-state index in [1.807, 2.05) is 12.1 Å². The Kier molecular flexibility index (Phi) is 7.07. The summed E-state index contributed by atoms with van der Waals surface area (Å²) in [5, 5.41) is 3.49. The lowest BCUT2D eigenvalue weighted by molar-refractivity contribution is -0.128. The molecule has 1 aliphatic heterocycles. The maximum atomic E-state index is 11.7. The molecule has 5 nitrogen and oxygen atoms in total. The maximum Gasteiger partial charge on any atom is 0.236 e. The number of hydrogen-bond donors (Lipinski definition) is 2. The van der Waals surface area contributed by atoms with Gasteiger partial charge in [-0.25, -0.2) is 0 Å². The molecule has 0 spiro atoms. The van der Waals surface area contributed by atoms with Gasteiger partial charge in [0, 0.05) is 30.9 Å². The van der Waals surface area contributed by atoms with E-state index in [-0.39, 0.29) is 12.5 Å². The van der Waals surface area contributed by atoms with Crippen molar-refractivity contribution in [1.82, 2.24) is 9.80 Å². The number of nitrogens with one attached hydrogen (secondary N) is 1. The average Bonchev–Trinajstić information content (AvgIpc) is 2.74. The Labute approximate surface area is 174 Å². The van der Waals surface area contributed by atoms with Crippen LogP contribution >= 0.6 is 0 Å². The van der Waals surface area contributed by atoms with Crippen LogP contribution in [0, 0.1) is 5.92 Å². The number of allylic oxidation sites excluding steroid dienone is 1. The molecule has 1 saturated heterocycles. The van der Waals surface area contributed by atoms with Crippen molar-refractivity contribution in [3.63, 3.8) is 0 Å². The largest absolute Gasteiger partial charge is 0.359 e. The van der Waals surface area contributed by atoms with E-state index in [0.29, 0.717) is 12.5 Å². The Morgan fingerprint density at radius 2 is 1.86 bits per heavy atom. The lowest BCUT2D eigenvalue weighted by atomic mass is 9.94. The van der Waals surface area contributed by atoms with Crippen molar-refractivity contribution in [1.29, 1.82) is 0 Å². The number of benzene rings is 2. The first-order valence-electron chi connectivity index (χ1n) is 10.2. The number of amides is 1. The summed E-state index contributed by atoms with van der Waals surface area (Å²) in [6.45, 7) is 7.12. The molecule has 1 heterocycles. The molecule has 0 bridgehead atoms. The number of nitrogens with zero attached hydrogens (tertiary/aromatic N) is 2. The lowest BCUT2D eigenvalue weighted by Crippen LogP contribution is -2.32. The fourth-order valence-corrected chi connectivity index (χ4v) is 3.76. The lowest BCUT2D eigenvalue weighted by Gasteiger charge is -2.30. The summed E-state index contributed by atoms with van der Waals surface area (Å²) in [7, 11) is 3.95. The molecule has 0 unspecified atom stereocenters. The molecule has 5 heteroatoms. The van der Waals surface area contributed by atoms with Crippen LogP contribution in [0.3, 0.4) is 0 Å². The Balaban J connectivity index is 1.63. The maximum absolute atomic E-state index is 11.7. The molecule has 0 aliphatic carbocycles. The summed E-state index contributed by atoms with van der Waals surface area (Å²) >= 11 is 0. The van der Waals surface area contributed by atoms with Gasteiger partial charge in [-0.15, -0.1) is 0 Å².